The van der Waals surface area contributed by atoms with E-state index >= 15 is 0 Å². The molecule has 0 bridgehead atoms. The molecule has 9 nitrogen and oxygen atoms in total. The zero-order valence-electron chi connectivity index (χ0n) is 15.5. The number of ether oxygens (including phenoxy) is 1. The van der Waals surface area contributed by atoms with Crippen LogP contribution in [0.4, 0.5) is 5.69 Å². The number of sulfonamides is 1. The second kappa shape index (κ2) is 9.29. The number of non-ortho nitro benzene ring substituents is 1. The van der Waals surface area contributed by atoms with E-state index in [1.807, 2.05) is 19.1 Å². The van der Waals surface area contributed by atoms with Crippen LogP contribution in [-0.2, 0) is 21.2 Å². The summed E-state index contributed by atoms with van der Waals surface area (Å²) in [6, 6.07) is 10.2. The summed E-state index contributed by atoms with van der Waals surface area (Å²) in [5, 5.41) is 13.4. The second-order valence-corrected chi connectivity index (χ2v) is 7.75. The summed E-state index contributed by atoms with van der Waals surface area (Å²) in [5.74, 6) is 0.426. The minimum atomic E-state index is -3.91. The fraction of sp³-hybridized carbons (Fsp3) is 0.278. The number of aryl methyl sites for hydroxylation is 1. The lowest BCUT2D eigenvalue weighted by Gasteiger charge is -2.09. The van der Waals surface area contributed by atoms with Crippen LogP contribution in [0.5, 0.6) is 5.75 Å². The highest BCUT2D eigenvalue weighted by Crippen LogP contribution is 2.19. The van der Waals surface area contributed by atoms with Crippen molar-refractivity contribution in [3.05, 3.63) is 63.7 Å². The van der Waals surface area contributed by atoms with E-state index in [-0.39, 0.29) is 36.0 Å². The average Bonchev–Trinajstić information content (AvgIpc) is 2.67. The Morgan fingerprint density at radius 1 is 1.18 bits per heavy atom. The molecule has 28 heavy (non-hydrogen) atoms. The number of nitrogens with one attached hydrogen (secondary N) is 2. The standard InChI is InChI=1S/C18H21N3O6S/c1-13-6-7-14(10-17(13)27-2)11-18(22)19-8-9-20-28(25,26)16-5-3-4-15(12-16)21(23)24/h3-7,10,12,20H,8-9,11H2,1-2H3,(H,19,22). The fourth-order valence-corrected chi connectivity index (χ4v) is 3.53. The van der Waals surface area contributed by atoms with Crippen molar-refractivity contribution in [2.45, 2.75) is 18.2 Å². The van der Waals surface area contributed by atoms with Crippen LogP contribution in [0, 0.1) is 17.0 Å². The molecular weight excluding hydrogens is 386 g/mol. The molecule has 2 aromatic rings. The zero-order valence-corrected chi connectivity index (χ0v) is 16.3. The Balaban J connectivity index is 1.85. The summed E-state index contributed by atoms with van der Waals surface area (Å²) in [6.07, 6.45) is 0.133. The van der Waals surface area contributed by atoms with E-state index in [4.69, 9.17) is 4.74 Å². The van der Waals surface area contributed by atoms with Gasteiger partial charge in [-0.3, -0.25) is 14.9 Å². The lowest BCUT2D eigenvalue weighted by molar-refractivity contribution is -0.385. The molecule has 0 aliphatic rings. The van der Waals surface area contributed by atoms with Gasteiger partial charge in [0.05, 0.1) is 23.3 Å². The van der Waals surface area contributed by atoms with Gasteiger partial charge in [0, 0.05) is 25.2 Å². The van der Waals surface area contributed by atoms with Gasteiger partial charge >= 0.3 is 0 Å². The lowest BCUT2D eigenvalue weighted by atomic mass is 10.1. The van der Waals surface area contributed by atoms with Gasteiger partial charge in [0.2, 0.25) is 15.9 Å². The number of nitro benzene ring substituents is 1. The maximum Gasteiger partial charge on any atom is 0.270 e. The molecule has 0 spiro atoms. The first-order valence-corrected chi connectivity index (χ1v) is 9.85. The fourth-order valence-electron chi connectivity index (χ4n) is 2.46. The Morgan fingerprint density at radius 2 is 1.93 bits per heavy atom. The molecule has 2 aromatic carbocycles. The molecule has 0 unspecified atom stereocenters. The summed E-state index contributed by atoms with van der Waals surface area (Å²) < 4.78 is 31.9. The van der Waals surface area contributed by atoms with Gasteiger partial charge in [-0.25, -0.2) is 13.1 Å². The minimum Gasteiger partial charge on any atom is -0.496 e. The Kier molecular flexibility index (Phi) is 7.07. The van der Waals surface area contributed by atoms with Crippen molar-refractivity contribution in [1.82, 2.24) is 10.0 Å². The maximum absolute atomic E-state index is 12.2. The van der Waals surface area contributed by atoms with Crippen LogP contribution in [0.3, 0.4) is 0 Å². The second-order valence-electron chi connectivity index (χ2n) is 5.98. The number of methoxy groups -OCH3 is 1. The van der Waals surface area contributed by atoms with Crippen LogP contribution in [0.15, 0.2) is 47.4 Å². The molecule has 0 aliphatic carbocycles. The molecule has 0 atom stereocenters. The van der Waals surface area contributed by atoms with Crippen LogP contribution in [0.25, 0.3) is 0 Å². The normalized spacial score (nSPS) is 11.1. The SMILES string of the molecule is COc1cc(CC(=O)NCCNS(=O)(=O)c2cccc([N+](=O)[O-])c2)ccc1C. The highest BCUT2D eigenvalue weighted by atomic mass is 32.2. The summed E-state index contributed by atoms with van der Waals surface area (Å²) in [7, 11) is -2.35. The first-order valence-electron chi connectivity index (χ1n) is 8.37. The molecule has 0 saturated carbocycles. The van der Waals surface area contributed by atoms with Crippen molar-refractivity contribution >= 4 is 21.6 Å². The summed E-state index contributed by atoms with van der Waals surface area (Å²) in [5.41, 5.74) is 1.42. The van der Waals surface area contributed by atoms with Gasteiger partial charge in [-0.1, -0.05) is 18.2 Å². The molecular formula is C18H21N3O6S. The van der Waals surface area contributed by atoms with Crippen LogP contribution >= 0.6 is 0 Å². The third kappa shape index (κ3) is 5.76. The molecule has 0 aliphatic heterocycles. The van der Waals surface area contributed by atoms with Crippen LogP contribution in [0.1, 0.15) is 11.1 Å². The Hall–Kier alpha value is -2.98. The van der Waals surface area contributed by atoms with Crippen molar-refractivity contribution in [3.8, 4) is 5.75 Å². The van der Waals surface area contributed by atoms with E-state index in [0.29, 0.717) is 5.75 Å². The van der Waals surface area contributed by atoms with E-state index in [1.54, 1.807) is 13.2 Å². The number of carbonyl (C=O) groups excluding carboxylic acids is 1. The number of nitrogens with zero attached hydrogens (tertiary/aromatic N) is 1. The van der Waals surface area contributed by atoms with Crippen LogP contribution in [-0.4, -0.2) is 39.4 Å². The summed E-state index contributed by atoms with van der Waals surface area (Å²) in [6.45, 7) is 1.93. The summed E-state index contributed by atoms with van der Waals surface area (Å²) >= 11 is 0. The van der Waals surface area contributed by atoms with Crippen molar-refractivity contribution in [1.29, 1.82) is 0 Å². The number of benzene rings is 2. The number of amides is 1. The molecule has 1 amide bonds. The molecule has 0 fully saturated rings. The van der Waals surface area contributed by atoms with Gasteiger partial charge in [0.25, 0.3) is 5.69 Å². The van der Waals surface area contributed by atoms with Gasteiger partial charge in [-0.05, 0) is 30.2 Å². The number of hydrogen-bond donors (Lipinski definition) is 2. The molecule has 0 aromatic heterocycles. The minimum absolute atomic E-state index is 0.0476. The van der Waals surface area contributed by atoms with Gasteiger partial charge in [-0.2, -0.15) is 0 Å². The van der Waals surface area contributed by atoms with Gasteiger partial charge in [0.1, 0.15) is 5.75 Å². The van der Waals surface area contributed by atoms with Gasteiger partial charge in [0.15, 0.2) is 0 Å². The van der Waals surface area contributed by atoms with Crippen LogP contribution in [0.2, 0.25) is 0 Å². The summed E-state index contributed by atoms with van der Waals surface area (Å²) in [4.78, 5) is 21.9. The molecule has 2 rings (SSSR count). The molecule has 0 heterocycles. The molecule has 0 saturated heterocycles. The molecule has 10 heteroatoms. The van der Waals surface area contributed by atoms with Crippen molar-refractivity contribution < 1.29 is 22.9 Å². The van der Waals surface area contributed by atoms with E-state index < -0.39 is 14.9 Å². The number of carbonyl (C=O) groups is 1. The Labute approximate surface area is 162 Å². The first-order chi connectivity index (χ1) is 13.2. The van der Waals surface area contributed by atoms with Gasteiger partial charge in [-0.15, -0.1) is 0 Å². The number of hydrogen-bond acceptors (Lipinski definition) is 6. The number of nitro groups is 1. The number of rotatable bonds is 9. The van der Waals surface area contributed by atoms with Crippen molar-refractivity contribution in [2.24, 2.45) is 0 Å². The third-order valence-corrected chi connectivity index (χ3v) is 5.37. The Bertz CT molecular complexity index is 975. The topological polar surface area (TPSA) is 128 Å². The largest absolute Gasteiger partial charge is 0.496 e. The molecule has 150 valence electrons. The van der Waals surface area contributed by atoms with Crippen LogP contribution < -0.4 is 14.8 Å². The van der Waals surface area contributed by atoms with Crippen molar-refractivity contribution in [3.63, 3.8) is 0 Å². The Morgan fingerprint density at radius 3 is 2.61 bits per heavy atom. The predicted octanol–water partition coefficient (Wildman–Crippen LogP) is 1.55. The molecule has 2 N–H and O–H groups in total. The van der Waals surface area contributed by atoms with Gasteiger partial charge < -0.3 is 10.1 Å². The van der Waals surface area contributed by atoms with Crippen molar-refractivity contribution in [2.75, 3.05) is 20.2 Å². The lowest BCUT2D eigenvalue weighted by Crippen LogP contribution is -2.35. The quantitative estimate of drug-likeness (QED) is 0.369. The smallest absolute Gasteiger partial charge is 0.270 e. The third-order valence-electron chi connectivity index (χ3n) is 3.92. The molecule has 0 radical (unpaired) electrons. The predicted molar refractivity (Wildman–Crippen MR) is 103 cm³/mol. The maximum atomic E-state index is 12.2. The highest BCUT2D eigenvalue weighted by Gasteiger charge is 2.17. The average molecular weight is 407 g/mol. The van der Waals surface area contributed by atoms with E-state index in [2.05, 4.69) is 10.0 Å². The van der Waals surface area contributed by atoms with E-state index in [0.717, 1.165) is 17.2 Å². The van der Waals surface area contributed by atoms with E-state index in [1.165, 1.54) is 18.2 Å². The monoisotopic (exact) mass is 407 g/mol. The first kappa shape index (κ1) is 21.3. The zero-order chi connectivity index (χ0) is 20.7. The van der Waals surface area contributed by atoms with E-state index in [9.17, 15) is 23.3 Å². The highest BCUT2D eigenvalue weighted by molar-refractivity contribution is 7.89.